The second-order valence-corrected chi connectivity index (χ2v) is 7.88. The van der Waals surface area contributed by atoms with Crippen LogP contribution < -0.4 is 15.4 Å². The molecule has 1 atom stereocenters. The largest absolute Gasteiger partial charge is 0.481 e. The topological polar surface area (TPSA) is 102 Å². The lowest BCUT2D eigenvalue weighted by Gasteiger charge is -2.25. The number of amides is 2. The Morgan fingerprint density at radius 2 is 2.00 bits per heavy atom. The number of nitrogens with one attached hydrogen (secondary N) is 2. The van der Waals surface area contributed by atoms with Crippen LogP contribution in [0.4, 0.5) is 10.5 Å². The molecule has 0 aliphatic heterocycles. The molecule has 8 nitrogen and oxygen atoms in total. The number of hydrogen-bond donors (Lipinski definition) is 2. The molecule has 2 N–H and O–H groups in total. The van der Waals surface area contributed by atoms with Crippen LogP contribution in [0.25, 0.3) is 11.0 Å². The molecule has 154 valence electrons. The van der Waals surface area contributed by atoms with Gasteiger partial charge in [-0.15, -0.1) is 0 Å². The molecule has 0 saturated heterocycles. The van der Waals surface area contributed by atoms with E-state index in [0.29, 0.717) is 47.4 Å². The monoisotopic (exact) mass is 398 g/mol. The second kappa shape index (κ2) is 8.46. The lowest BCUT2D eigenvalue weighted by molar-refractivity contribution is -0.113. The molecule has 0 aromatic carbocycles. The number of alkyl carbamates (subject to hydrolysis) is 1. The van der Waals surface area contributed by atoms with Gasteiger partial charge in [0.2, 0.25) is 5.88 Å². The lowest BCUT2D eigenvalue weighted by Crippen LogP contribution is -2.40. The molecule has 0 bridgehead atoms. The standard InChI is InChI=1S/C21H26N4O4/c1-21(2,3)29-20(27)23-14-7-5-13(6-8-14)19(26)24-16-11-12-22-15-9-10-17(28-4)25-18(15)16/h5,9-12,14H,6-8H2,1-4H3,(H,23,27)(H,22,24,26). The summed E-state index contributed by atoms with van der Waals surface area (Å²) in [6.45, 7) is 5.47. The van der Waals surface area contributed by atoms with Crippen LogP contribution in [0, 0.1) is 0 Å². The van der Waals surface area contributed by atoms with Crippen molar-refractivity contribution in [3.8, 4) is 5.88 Å². The summed E-state index contributed by atoms with van der Waals surface area (Å²) in [6, 6.07) is 5.18. The molecule has 29 heavy (non-hydrogen) atoms. The van der Waals surface area contributed by atoms with E-state index in [2.05, 4.69) is 20.6 Å². The van der Waals surface area contributed by atoms with Crippen LogP contribution in [-0.4, -0.2) is 40.7 Å². The second-order valence-electron chi connectivity index (χ2n) is 7.88. The minimum absolute atomic E-state index is 0.0471. The summed E-state index contributed by atoms with van der Waals surface area (Å²) < 4.78 is 10.4. The van der Waals surface area contributed by atoms with Gasteiger partial charge in [0.15, 0.2) is 0 Å². The van der Waals surface area contributed by atoms with Gasteiger partial charge in [0.25, 0.3) is 5.91 Å². The highest BCUT2D eigenvalue weighted by Crippen LogP contribution is 2.25. The minimum Gasteiger partial charge on any atom is -0.481 e. The van der Waals surface area contributed by atoms with Gasteiger partial charge in [0.1, 0.15) is 11.1 Å². The van der Waals surface area contributed by atoms with Gasteiger partial charge in [-0.2, -0.15) is 0 Å². The van der Waals surface area contributed by atoms with Crippen molar-refractivity contribution in [2.45, 2.75) is 51.7 Å². The summed E-state index contributed by atoms with van der Waals surface area (Å²) in [5.41, 5.74) is 1.96. The minimum atomic E-state index is -0.538. The molecule has 3 rings (SSSR count). The molecule has 1 aliphatic carbocycles. The fourth-order valence-electron chi connectivity index (χ4n) is 3.07. The Balaban J connectivity index is 1.64. The summed E-state index contributed by atoms with van der Waals surface area (Å²) in [6.07, 6.45) is 4.85. The quantitative estimate of drug-likeness (QED) is 0.816. The van der Waals surface area contributed by atoms with Crippen LogP contribution in [-0.2, 0) is 9.53 Å². The van der Waals surface area contributed by atoms with Gasteiger partial charge >= 0.3 is 6.09 Å². The first-order chi connectivity index (χ1) is 13.7. The van der Waals surface area contributed by atoms with E-state index in [1.807, 2.05) is 26.8 Å². The molecule has 8 heteroatoms. The summed E-state index contributed by atoms with van der Waals surface area (Å²) in [4.78, 5) is 33.3. The SMILES string of the molecule is COc1ccc2nccc(NC(=O)C3=CCC(NC(=O)OC(C)(C)C)CC3)c2n1. The summed E-state index contributed by atoms with van der Waals surface area (Å²) >= 11 is 0. The van der Waals surface area contributed by atoms with Crippen molar-refractivity contribution < 1.29 is 19.1 Å². The zero-order valence-corrected chi connectivity index (χ0v) is 17.1. The number of ether oxygens (including phenoxy) is 2. The van der Waals surface area contributed by atoms with Crippen LogP contribution in [0.5, 0.6) is 5.88 Å². The van der Waals surface area contributed by atoms with E-state index < -0.39 is 11.7 Å². The van der Waals surface area contributed by atoms with E-state index in [-0.39, 0.29) is 11.9 Å². The number of pyridine rings is 2. The first-order valence-corrected chi connectivity index (χ1v) is 9.55. The third-order valence-electron chi connectivity index (χ3n) is 4.44. The highest BCUT2D eigenvalue weighted by Gasteiger charge is 2.23. The Morgan fingerprint density at radius 1 is 1.21 bits per heavy atom. The predicted octanol–water partition coefficient (Wildman–Crippen LogP) is 3.58. The van der Waals surface area contributed by atoms with Gasteiger partial charge in [-0.3, -0.25) is 9.78 Å². The lowest BCUT2D eigenvalue weighted by atomic mass is 9.94. The van der Waals surface area contributed by atoms with E-state index in [1.54, 1.807) is 24.4 Å². The third kappa shape index (κ3) is 5.43. The van der Waals surface area contributed by atoms with Crippen molar-refractivity contribution in [2.24, 2.45) is 0 Å². The van der Waals surface area contributed by atoms with Gasteiger partial charge in [-0.25, -0.2) is 9.78 Å². The van der Waals surface area contributed by atoms with E-state index in [0.717, 1.165) is 0 Å². The zero-order valence-electron chi connectivity index (χ0n) is 17.1. The molecular weight excluding hydrogens is 372 g/mol. The Hall–Kier alpha value is -3.16. The highest BCUT2D eigenvalue weighted by atomic mass is 16.6. The molecular formula is C21H26N4O4. The van der Waals surface area contributed by atoms with Gasteiger partial charge in [-0.05, 0) is 52.2 Å². The number of fused-ring (bicyclic) bond motifs is 1. The Labute approximate surface area is 169 Å². The number of rotatable bonds is 4. The summed E-state index contributed by atoms with van der Waals surface area (Å²) in [5, 5.41) is 5.77. The van der Waals surface area contributed by atoms with Crippen molar-refractivity contribution >= 4 is 28.7 Å². The predicted molar refractivity (Wildman–Crippen MR) is 110 cm³/mol. The maximum Gasteiger partial charge on any atom is 0.407 e. The zero-order chi connectivity index (χ0) is 21.0. The Kier molecular flexibility index (Phi) is 6.00. The molecule has 1 unspecified atom stereocenters. The number of methoxy groups -OCH3 is 1. The summed E-state index contributed by atoms with van der Waals surface area (Å²) in [5.74, 6) is 0.270. The number of anilines is 1. The molecule has 1 aliphatic rings. The Morgan fingerprint density at radius 3 is 2.66 bits per heavy atom. The number of carbonyl (C=O) groups is 2. The third-order valence-corrected chi connectivity index (χ3v) is 4.44. The van der Waals surface area contributed by atoms with Gasteiger partial charge < -0.3 is 20.1 Å². The van der Waals surface area contributed by atoms with Crippen molar-refractivity contribution in [3.05, 3.63) is 36.0 Å². The van der Waals surface area contributed by atoms with E-state index in [4.69, 9.17) is 9.47 Å². The van der Waals surface area contributed by atoms with E-state index in [9.17, 15) is 9.59 Å². The van der Waals surface area contributed by atoms with Crippen molar-refractivity contribution in [2.75, 3.05) is 12.4 Å². The average molecular weight is 398 g/mol. The molecule has 2 amide bonds. The molecule has 2 aromatic heterocycles. The summed E-state index contributed by atoms with van der Waals surface area (Å²) in [7, 11) is 1.54. The molecule has 2 aromatic rings. The maximum atomic E-state index is 12.7. The maximum absolute atomic E-state index is 12.7. The fraction of sp³-hybridized carbons (Fsp3) is 0.429. The molecule has 0 saturated carbocycles. The fourth-order valence-corrected chi connectivity index (χ4v) is 3.07. The van der Waals surface area contributed by atoms with Crippen molar-refractivity contribution in [1.29, 1.82) is 0 Å². The first-order valence-electron chi connectivity index (χ1n) is 9.55. The van der Waals surface area contributed by atoms with Gasteiger partial charge in [0, 0.05) is 23.9 Å². The van der Waals surface area contributed by atoms with E-state index in [1.165, 1.54) is 7.11 Å². The highest BCUT2D eigenvalue weighted by molar-refractivity contribution is 6.07. The van der Waals surface area contributed by atoms with Crippen LogP contribution in [0.3, 0.4) is 0 Å². The number of carbonyl (C=O) groups excluding carboxylic acids is 2. The van der Waals surface area contributed by atoms with Crippen LogP contribution in [0.1, 0.15) is 40.0 Å². The van der Waals surface area contributed by atoms with Gasteiger partial charge in [0.05, 0.1) is 18.3 Å². The van der Waals surface area contributed by atoms with Crippen LogP contribution in [0.2, 0.25) is 0 Å². The smallest absolute Gasteiger partial charge is 0.407 e. The molecule has 0 spiro atoms. The number of nitrogens with zero attached hydrogens (tertiary/aromatic N) is 2. The van der Waals surface area contributed by atoms with E-state index >= 15 is 0 Å². The number of aromatic nitrogens is 2. The van der Waals surface area contributed by atoms with Gasteiger partial charge in [-0.1, -0.05) is 6.08 Å². The van der Waals surface area contributed by atoms with Crippen LogP contribution in [0.15, 0.2) is 36.0 Å². The average Bonchev–Trinajstić information content (AvgIpc) is 2.67. The van der Waals surface area contributed by atoms with Crippen molar-refractivity contribution in [1.82, 2.24) is 15.3 Å². The Bertz CT molecular complexity index is 949. The molecule has 0 radical (unpaired) electrons. The van der Waals surface area contributed by atoms with Crippen LogP contribution >= 0.6 is 0 Å². The normalized spacial score (nSPS) is 16.7. The number of hydrogen-bond acceptors (Lipinski definition) is 6. The molecule has 2 heterocycles. The molecule has 0 fully saturated rings. The first kappa shape index (κ1) is 20.6. The van der Waals surface area contributed by atoms with Crippen molar-refractivity contribution in [3.63, 3.8) is 0 Å².